The first-order valence-corrected chi connectivity index (χ1v) is 5.79. The lowest BCUT2D eigenvalue weighted by atomic mass is 10.1. The van der Waals surface area contributed by atoms with E-state index in [9.17, 15) is 4.79 Å². The molecule has 2 rings (SSSR count). The number of carbonyl (C=O) groups is 1. The molecule has 0 saturated carbocycles. The molecule has 1 atom stereocenters. The number of nitrogens with one attached hydrogen (secondary N) is 2. The molecule has 1 aromatic rings. The molecular formula is C12H19Cl2N3O. The van der Waals surface area contributed by atoms with Gasteiger partial charge in [0.05, 0.1) is 0 Å². The molecule has 1 saturated heterocycles. The topological polar surface area (TPSA) is 54.0 Å². The van der Waals surface area contributed by atoms with E-state index in [0.29, 0.717) is 18.3 Å². The Morgan fingerprint density at radius 3 is 2.89 bits per heavy atom. The number of nitrogens with zero attached hydrogens (tertiary/aromatic N) is 1. The van der Waals surface area contributed by atoms with Gasteiger partial charge >= 0.3 is 0 Å². The summed E-state index contributed by atoms with van der Waals surface area (Å²) >= 11 is 0. The predicted octanol–water partition coefficient (Wildman–Crippen LogP) is 1.80. The van der Waals surface area contributed by atoms with Gasteiger partial charge in [-0.15, -0.1) is 24.8 Å². The molecule has 4 nitrogen and oxygen atoms in total. The fraction of sp³-hybridized carbons (Fsp3) is 0.500. The van der Waals surface area contributed by atoms with Crippen molar-refractivity contribution in [1.82, 2.24) is 15.6 Å². The summed E-state index contributed by atoms with van der Waals surface area (Å²) in [6, 6.07) is 5.92. The van der Waals surface area contributed by atoms with Gasteiger partial charge in [-0.1, -0.05) is 6.07 Å². The Bertz CT molecular complexity index is 342. The number of hydrogen-bond acceptors (Lipinski definition) is 3. The molecule has 1 aliphatic heterocycles. The molecule has 2 heterocycles. The molecule has 0 bridgehead atoms. The largest absolute Gasteiger partial charge is 0.351 e. The SMILES string of the molecule is Cl.Cl.O=C(NCC[C@H]1CCCN1)c1ccccn1. The van der Waals surface area contributed by atoms with Crippen LogP contribution in [-0.2, 0) is 0 Å². The average Bonchev–Trinajstić information content (AvgIpc) is 2.83. The van der Waals surface area contributed by atoms with E-state index in [0.717, 1.165) is 13.0 Å². The molecule has 0 radical (unpaired) electrons. The molecule has 1 aliphatic rings. The Hall–Kier alpha value is -0.840. The van der Waals surface area contributed by atoms with Crippen LogP contribution in [0.1, 0.15) is 29.8 Å². The van der Waals surface area contributed by atoms with Gasteiger partial charge in [0.2, 0.25) is 0 Å². The minimum absolute atomic E-state index is 0. The van der Waals surface area contributed by atoms with Gasteiger partial charge in [-0.3, -0.25) is 9.78 Å². The second kappa shape index (κ2) is 9.14. The maximum absolute atomic E-state index is 11.6. The van der Waals surface area contributed by atoms with Crippen molar-refractivity contribution in [3.8, 4) is 0 Å². The molecule has 2 N–H and O–H groups in total. The average molecular weight is 292 g/mol. The number of halogens is 2. The molecule has 1 amide bonds. The summed E-state index contributed by atoms with van der Waals surface area (Å²) in [5.74, 6) is -0.0846. The van der Waals surface area contributed by atoms with E-state index in [1.807, 2.05) is 6.07 Å². The summed E-state index contributed by atoms with van der Waals surface area (Å²) < 4.78 is 0. The zero-order valence-electron chi connectivity index (χ0n) is 10.1. The van der Waals surface area contributed by atoms with Crippen LogP contribution >= 0.6 is 24.8 Å². The van der Waals surface area contributed by atoms with Crippen LogP contribution in [0.4, 0.5) is 0 Å². The Balaban J connectivity index is 0.00000144. The third-order valence-corrected chi connectivity index (χ3v) is 2.84. The standard InChI is InChI=1S/C12H17N3O.2ClH/c16-12(11-5-1-2-7-14-11)15-9-6-10-4-3-8-13-10;;/h1-2,5,7,10,13H,3-4,6,8-9H2,(H,15,16);2*1H/t10-;;/m1../s1. The van der Waals surface area contributed by atoms with Gasteiger partial charge in [0.1, 0.15) is 5.69 Å². The zero-order chi connectivity index (χ0) is 11.2. The zero-order valence-corrected chi connectivity index (χ0v) is 11.7. The van der Waals surface area contributed by atoms with Crippen molar-refractivity contribution < 1.29 is 4.79 Å². The van der Waals surface area contributed by atoms with E-state index < -0.39 is 0 Å². The normalized spacial score (nSPS) is 17.4. The number of amides is 1. The first-order valence-electron chi connectivity index (χ1n) is 5.79. The van der Waals surface area contributed by atoms with Gasteiger partial charge in [-0.2, -0.15) is 0 Å². The molecule has 0 aromatic carbocycles. The molecule has 1 fully saturated rings. The second-order valence-corrected chi connectivity index (χ2v) is 4.05. The van der Waals surface area contributed by atoms with Crippen molar-refractivity contribution in [2.75, 3.05) is 13.1 Å². The van der Waals surface area contributed by atoms with E-state index >= 15 is 0 Å². The van der Waals surface area contributed by atoms with Crippen LogP contribution < -0.4 is 10.6 Å². The van der Waals surface area contributed by atoms with Crippen LogP contribution in [0.5, 0.6) is 0 Å². The van der Waals surface area contributed by atoms with Crippen molar-refractivity contribution in [3.63, 3.8) is 0 Å². The smallest absolute Gasteiger partial charge is 0.269 e. The van der Waals surface area contributed by atoms with Crippen molar-refractivity contribution in [2.24, 2.45) is 0 Å². The van der Waals surface area contributed by atoms with E-state index in [1.165, 1.54) is 12.8 Å². The summed E-state index contributed by atoms with van der Waals surface area (Å²) in [5, 5.41) is 6.29. The van der Waals surface area contributed by atoms with E-state index in [1.54, 1.807) is 18.3 Å². The van der Waals surface area contributed by atoms with Crippen LogP contribution in [0.25, 0.3) is 0 Å². The van der Waals surface area contributed by atoms with Crippen molar-refractivity contribution in [3.05, 3.63) is 30.1 Å². The van der Waals surface area contributed by atoms with Gasteiger partial charge in [-0.05, 0) is 37.9 Å². The number of aromatic nitrogens is 1. The fourth-order valence-electron chi connectivity index (χ4n) is 1.95. The predicted molar refractivity (Wildman–Crippen MR) is 76.7 cm³/mol. The van der Waals surface area contributed by atoms with E-state index in [4.69, 9.17) is 0 Å². The molecule has 0 spiro atoms. The number of rotatable bonds is 4. The number of carbonyl (C=O) groups excluding carboxylic acids is 1. The highest BCUT2D eigenvalue weighted by molar-refractivity contribution is 5.92. The van der Waals surface area contributed by atoms with Gasteiger partial charge in [0.15, 0.2) is 0 Å². The Morgan fingerprint density at radius 1 is 1.44 bits per heavy atom. The Kier molecular flexibility index (Phi) is 8.71. The second-order valence-electron chi connectivity index (χ2n) is 4.05. The van der Waals surface area contributed by atoms with Crippen LogP contribution in [0.2, 0.25) is 0 Å². The van der Waals surface area contributed by atoms with E-state index in [2.05, 4.69) is 15.6 Å². The molecule has 6 heteroatoms. The van der Waals surface area contributed by atoms with Gasteiger partial charge in [-0.25, -0.2) is 0 Å². The highest BCUT2D eigenvalue weighted by Crippen LogP contribution is 2.07. The van der Waals surface area contributed by atoms with Crippen LogP contribution in [0, 0.1) is 0 Å². The lowest BCUT2D eigenvalue weighted by Crippen LogP contribution is -2.30. The van der Waals surface area contributed by atoms with E-state index in [-0.39, 0.29) is 30.7 Å². The summed E-state index contributed by atoms with van der Waals surface area (Å²) in [7, 11) is 0. The molecule has 1 aromatic heterocycles. The third kappa shape index (κ3) is 5.21. The quantitative estimate of drug-likeness (QED) is 0.889. The number of hydrogen-bond donors (Lipinski definition) is 2. The molecule has 18 heavy (non-hydrogen) atoms. The van der Waals surface area contributed by atoms with Crippen LogP contribution in [0.3, 0.4) is 0 Å². The fourth-order valence-corrected chi connectivity index (χ4v) is 1.95. The summed E-state index contributed by atoms with van der Waals surface area (Å²) in [6.45, 7) is 1.83. The lowest BCUT2D eigenvalue weighted by molar-refractivity contribution is 0.0947. The number of pyridine rings is 1. The molecule has 0 aliphatic carbocycles. The van der Waals surface area contributed by atoms with Crippen LogP contribution in [-0.4, -0.2) is 30.0 Å². The first kappa shape index (κ1) is 17.2. The highest BCUT2D eigenvalue weighted by Gasteiger charge is 2.13. The maximum Gasteiger partial charge on any atom is 0.269 e. The molecule has 102 valence electrons. The summed E-state index contributed by atoms with van der Waals surface area (Å²) in [4.78, 5) is 15.6. The van der Waals surface area contributed by atoms with Gasteiger partial charge in [0, 0.05) is 18.8 Å². The minimum Gasteiger partial charge on any atom is -0.351 e. The monoisotopic (exact) mass is 291 g/mol. The minimum atomic E-state index is -0.0846. The van der Waals surface area contributed by atoms with Crippen molar-refractivity contribution >= 4 is 30.7 Å². The Labute approximate surface area is 120 Å². The summed E-state index contributed by atoms with van der Waals surface area (Å²) in [5.41, 5.74) is 0.488. The van der Waals surface area contributed by atoms with Gasteiger partial charge < -0.3 is 10.6 Å². The van der Waals surface area contributed by atoms with Crippen molar-refractivity contribution in [1.29, 1.82) is 0 Å². The lowest BCUT2D eigenvalue weighted by Gasteiger charge is -2.10. The summed E-state index contributed by atoms with van der Waals surface area (Å²) in [6.07, 6.45) is 5.10. The highest BCUT2D eigenvalue weighted by atomic mass is 35.5. The third-order valence-electron chi connectivity index (χ3n) is 2.84. The molecule has 0 unspecified atom stereocenters. The first-order chi connectivity index (χ1) is 7.86. The van der Waals surface area contributed by atoms with Gasteiger partial charge in [0.25, 0.3) is 5.91 Å². The van der Waals surface area contributed by atoms with Crippen LogP contribution in [0.15, 0.2) is 24.4 Å². The Morgan fingerprint density at radius 2 is 2.28 bits per heavy atom. The molecular weight excluding hydrogens is 273 g/mol. The maximum atomic E-state index is 11.6. The van der Waals surface area contributed by atoms with Crippen molar-refractivity contribution in [2.45, 2.75) is 25.3 Å².